The van der Waals surface area contributed by atoms with Gasteiger partial charge in [-0.2, -0.15) is 17.5 Å². The van der Waals surface area contributed by atoms with Gasteiger partial charge in [-0.15, -0.1) is 0 Å². The Labute approximate surface area is 257 Å². The van der Waals surface area contributed by atoms with Crippen LogP contribution in [0.25, 0.3) is 0 Å². The predicted octanol–water partition coefficient (Wildman–Crippen LogP) is 4.92. The second kappa shape index (κ2) is 13.6. The number of nitrogens with zero attached hydrogens (tertiary/aromatic N) is 2. The molecule has 3 aliphatic rings. The summed E-state index contributed by atoms with van der Waals surface area (Å²) in [5.74, 6) is -0.234. The van der Waals surface area contributed by atoms with Crippen LogP contribution in [-0.2, 0) is 38.8 Å². The van der Waals surface area contributed by atoms with Gasteiger partial charge in [0.05, 0.1) is 16.5 Å². The maximum atomic E-state index is 13.5. The lowest BCUT2D eigenvalue weighted by molar-refractivity contribution is -0.137. The van der Waals surface area contributed by atoms with Crippen LogP contribution in [0.1, 0.15) is 86.1 Å². The summed E-state index contributed by atoms with van der Waals surface area (Å²) in [7, 11) is -4.22. The average molecular weight is 635 g/mol. The van der Waals surface area contributed by atoms with E-state index in [1.54, 1.807) is 0 Å². The number of alkyl halides is 3. The highest BCUT2D eigenvalue weighted by molar-refractivity contribution is 7.89. The minimum absolute atomic E-state index is 0.0520. The molecule has 3 N–H and O–H groups in total. The monoisotopic (exact) mass is 634 g/mol. The third-order valence-corrected chi connectivity index (χ3v) is 11.1. The van der Waals surface area contributed by atoms with Gasteiger partial charge in [-0.3, -0.25) is 14.5 Å². The number of carbonyl (C=O) groups is 2. The van der Waals surface area contributed by atoms with Crippen LogP contribution in [0.15, 0.2) is 47.4 Å². The zero-order chi connectivity index (χ0) is 31.5. The number of amides is 2. The number of nitrogens with one attached hydrogen (secondary N) is 1. The first-order valence-corrected chi connectivity index (χ1v) is 16.9. The molecule has 44 heavy (non-hydrogen) atoms. The molecule has 2 amide bonds. The summed E-state index contributed by atoms with van der Waals surface area (Å²) in [6.45, 7) is 2.77. The number of halogens is 3. The third kappa shape index (κ3) is 7.81. The molecule has 1 unspecified atom stereocenters. The van der Waals surface area contributed by atoms with Gasteiger partial charge in [0.25, 0.3) is 0 Å². The molecule has 0 saturated carbocycles. The molecule has 0 spiro atoms. The maximum absolute atomic E-state index is 13.5. The Morgan fingerprint density at radius 3 is 2.55 bits per heavy atom. The molecule has 0 aromatic heterocycles. The number of piperidine rings is 2. The number of primary amides is 1. The van der Waals surface area contributed by atoms with Gasteiger partial charge in [-0.1, -0.05) is 30.7 Å². The summed E-state index contributed by atoms with van der Waals surface area (Å²) >= 11 is 0. The van der Waals surface area contributed by atoms with E-state index in [1.165, 1.54) is 21.5 Å². The molecule has 5 rings (SSSR count). The molecule has 2 fully saturated rings. The van der Waals surface area contributed by atoms with Crippen LogP contribution in [0.5, 0.6) is 0 Å². The molecule has 0 bridgehead atoms. The van der Waals surface area contributed by atoms with E-state index in [0.717, 1.165) is 75.9 Å². The minimum atomic E-state index is -4.66. The van der Waals surface area contributed by atoms with Gasteiger partial charge < -0.3 is 11.1 Å². The van der Waals surface area contributed by atoms with Gasteiger partial charge in [0, 0.05) is 38.5 Å². The number of hydrogen-bond acceptors (Lipinski definition) is 5. The minimum Gasteiger partial charge on any atom is -0.370 e. The molecule has 8 nitrogen and oxygen atoms in total. The Balaban J connectivity index is 1.23. The van der Waals surface area contributed by atoms with Crippen LogP contribution in [0.2, 0.25) is 0 Å². The van der Waals surface area contributed by atoms with Gasteiger partial charge in [-0.25, -0.2) is 8.42 Å². The first-order chi connectivity index (χ1) is 20.9. The quantitative estimate of drug-likeness (QED) is 0.407. The van der Waals surface area contributed by atoms with Crippen molar-refractivity contribution in [3.05, 3.63) is 64.7 Å². The third-order valence-electron chi connectivity index (χ3n) is 9.12. The number of rotatable bonds is 9. The van der Waals surface area contributed by atoms with Crippen molar-refractivity contribution in [1.82, 2.24) is 14.5 Å². The molecule has 2 aromatic rings. The molecule has 12 heteroatoms. The Hall–Kier alpha value is -2.96. The van der Waals surface area contributed by atoms with Gasteiger partial charge >= 0.3 is 6.18 Å². The van der Waals surface area contributed by atoms with Crippen molar-refractivity contribution in [2.75, 3.05) is 19.6 Å². The molecule has 2 aromatic carbocycles. The van der Waals surface area contributed by atoms with Crippen molar-refractivity contribution in [1.29, 1.82) is 0 Å². The number of likely N-dealkylation sites (tertiary alicyclic amines) is 1. The summed E-state index contributed by atoms with van der Waals surface area (Å²) in [5.41, 5.74) is 7.84. The van der Waals surface area contributed by atoms with Crippen molar-refractivity contribution in [3.8, 4) is 0 Å². The normalized spacial score (nSPS) is 23.6. The molecule has 3 atom stereocenters. The highest BCUT2D eigenvalue weighted by Gasteiger charge is 2.37. The highest BCUT2D eigenvalue weighted by atomic mass is 32.2. The van der Waals surface area contributed by atoms with Gasteiger partial charge in [0.1, 0.15) is 0 Å². The SMILES string of the molecule is NC(=O)CC1CCCN(Cc2ccc3c(c2)CCC[C@H]3NC(=O)C[C@@H]2CCCCN2S(=O)(=O)c2cccc(C(F)(F)F)c2)C1. The standard InChI is InChI=1S/C32H41F3N4O4S/c33-32(34,35)25-8-4-10-27(18-25)44(42,43)39-15-2-1-9-26(39)19-31(41)37-29-11-3-7-24-16-23(12-13-28(24)29)21-38-14-5-6-22(20-38)17-30(36)40/h4,8,10,12-13,16,18,22,26,29H,1-3,5-7,9,11,14-15,17,19-21H2,(H2,36,40)(H,37,41)/t22?,26-,29+/m0/s1. The number of carbonyl (C=O) groups excluding carboxylic acids is 2. The smallest absolute Gasteiger partial charge is 0.370 e. The number of aryl methyl sites for hydroxylation is 1. The zero-order valence-electron chi connectivity index (χ0n) is 24.8. The second-order valence-corrected chi connectivity index (χ2v) is 14.3. The molecule has 2 heterocycles. The van der Waals surface area contributed by atoms with E-state index in [2.05, 4.69) is 28.4 Å². The summed E-state index contributed by atoms with van der Waals surface area (Å²) in [4.78, 5) is 26.6. The van der Waals surface area contributed by atoms with Gasteiger partial charge in [0.15, 0.2) is 0 Å². The molecule has 2 aliphatic heterocycles. The molecule has 1 aliphatic carbocycles. The summed E-state index contributed by atoms with van der Waals surface area (Å²) in [6, 6.07) is 9.34. The van der Waals surface area contributed by atoms with Crippen molar-refractivity contribution in [2.45, 2.75) is 93.9 Å². The lowest BCUT2D eigenvalue weighted by atomic mass is 9.86. The molecule has 2 saturated heterocycles. The van der Waals surface area contributed by atoms with Crippen LogP contribution in [0.4, 0.5) is 13.2 Å². The number of fused-ring (bicyclic) bond motifs is 1. The second-order valence-electron chi connectivity index (χ2n) is 12.5. The average Bonchev–Trinajstić information content (AvgIpc) is 2.97. The molecule has 240 valence electrons. The summed E-state index contributed by atoms with van der Waals surface area (Å²) in [5, 5.41) is 3.12. The number of nitrogens with two attached hydrogens (primary N) is 1. The Morgan fingerprint density at radius 1 is 0.955 bits per heavy atom. The zero-order valence-corrected chi connectivity index (χ0v) is 25.6. The lowest BCUT2D eigenvalue weighted by Gasteiger charge is -2.35. The van der Waals surface area contributed by atoms with Crippen LogP contribution in [0.3, 0.4) is 0 Å². The van der Waals surface area contributed by atoms with E-state index in [9.17, 15) is 31.2 Å². The fourth-order valence-electron chi connectivity index (χ4n) is 7.05. The Morgan fingerprint density at radius 2 is 1.77 bits per heavy atom. The van der Waals surface area contributed by atoms with E-state index in [-0.39, 0.29) is 30.8 Å². The Bertz CT molecular complexity index is 1470. The molecular weight excluding hydrogens is 593 g/mol. The van der Waals surface area contributed by atoms with Crippen LogP contribution < -0.4 is 11.1 Å². The van der Waals surface area contributed by atoms with E-state index >= 15 is 0 Å². The van der Waals surface area contributed by atoms with Crippen molar-refractivity contribution >= 4 is 21.8 Å². The van der Waals surface area contributed by atoms with E-state index in [4.69, 9.17) is 5.73 Å². The van der Waals surface area contributed by atoms with E-state index in [0.29, 0.717) is 31.2 Å². The van der Waals surface area contributed by atoms with Gasteiger partial charge in [-0.05, 0) is 92.3 Å². The van der Waals surface area contributed by atoms with Crippen LogP contribution >= 0.6 is 0 Å². The fourth-order valence-corrected chi connectivity index (χ4v) is 8.79. The predicted molar refractivity (Wildman–Crippen MR) is 160 cm³/mol. The Kier molecular flexibility index (Phi) is 10.0. The molecule has 0 radical (unpaired) electrons. The van der Waals surface area contributed by atoms with Gasteiger partial charge in [0.2, 0.25) is 21.8 Å². The van der Waals surface area contributed by atoms with Crippen LogP contribution in [0, 0.1) is 5.92 Å². The summed E-state index contributed by atoms with van der Waals surface area (Å²) in [6.07, 6.45) is 2.13. The maximum Gasteiger partial charge on any atom is 0.416 e. The van der Waals surface area contributed by atoms with Crippen molar-refractivity contribution < 1.29 is 31.2 Å². The van der Waals surface area contributed by atoms with Crippen molar-refractivity contribution in [2.24, 2.45) is 11.7 Å². The van der Waals surface area contributed by atoms with Crippen molar-refractivity contribution in [3.63, 3.8) is 0 Å². The topological polar surface area (TPSA) is 113 Å². The largest absolute Gasteiger partial charge is 0.416 e. The number of sulfonamides is 1. The summed E-state index contributed by atoms with van der Waals surface area (Å²) < 4.78 is 67.9. The number of benzene rings is 2. The van der Waals surface area contributed by atoms with E-state index in [1.807, 2.05) is 0 Å². The lowest BCUT2D eigenvalue weighted by Crippen LogP contribution is -2.46. The fraction of sp³-hybridized carbons (Fsp3) is 0.562. The van der Waals surface area contributed by atoms with Crippen LogP contribution in [-0.4, -0.2) is 55.1 Å². The highest BCUT2D eigenvalue weighted by Crippen LogP contribution is 2.34. The number of hydrogen-bond donors (Lipinski definition) is 2. The molecular formula is C32H41F3N4O4S. The first-order valence-electron chi connectivity index (χ1n) is 15.5. The van der Waals surface area contributed by atoms with E-state index < -0.39 is 32.7 Å². The first kappa shape index (κ1) is 32.4.